The second kappa shape index (κ2) is 6.28. The summed E-state index contributed by atoms with van der Waals surface area (Å²) >= 11 is 0. The summed E-state index contributed by atoms with van der Waals surface area (Å²) in [5, 5.41) is 0. The summed E-state index contributed by atoms with van der Waals surface area (Å²) < 4.78 is 1.84. The van der Waals surface area contributed by atoms with Gasteiger partial charge in [0.15, 0.2) is 0 Å². The van der Waals surface area contributed by atoms with Gasteiger partial charge in [0, 0.05) is 39.8 Å². The van der Waals surface area contributed by atoms with Gasteiger partial charge < -0.3 is 14.4 Å². The van der Waals surface area contributed by atoms with Crippen molar-refractivity contribution in [3.05, 3.63) is 59.9 Å². The molecule has 0 unspecified atom stereocenters. The number of piperazine rings is 1. The Morgan fingerprint density at radius 1 is 1.04 bits per heavy atom. The lowest BCUT2D eigenvalue weighted by Crippen LogP contribution is -2.52. The smallest absolute Gasteiger partial charge is 0.271 e. The maximum absolute atomic E-state index is 12.9. The third kappa shape index (κ3) is 2.99. The Morgan fingerprint density at radius 3 is 2.39 bits per heavy atom. The van der Waals surface area contributed by atoms with Crippen LogP contribution in [-0.2, 0) is 11.8 Å². The van der Waals surface area contributed by atoms with Crippen molar-refractivity contribution >= 4 is 11.8 Å². The molecular formula is C18H21N3O2. The second-order valence-electron chi connectivity index (χ2n) is 5.89. The molecule has 1 fully saturated rings. The maximum Gasteiger partial charge on any atom is 0.271 e. The molecule has 1 atom stereocenters. The Morgan fingerprint density at radius 2 is 1.78 bits per heavy atom. The van der Waals surface area contributed by atoms with Crippen molar-refractivity contribution in [3.63, 3.8) is 0 Å². The molecule has 0 bridgehead atoms. The molecule has 2 amide bonds. The average Bonchev–Trinajstić information content (AvgIpc) is 3.00. The number of amides is 2. The van der Waals surface area contributed by atoms with E-state index in [0.29, 0.717) is 25.3 Å². The van der Waals surface area contributed by atoms with Gasteiger partial charge in [0.05, 0.1) is 6.04 Å². The first-order valence-corrected chi connectivity index (χ1v) is 7.80. The van der Waals surface area contributed by atoms with Crippen LogP contribution in [0.15, 0.2) is 48.7 Å². The monoisotopic (exact) mass is 311 g/mol. The number of nitrogens with zero attached hydrogens (tertiary/aromatic N) is 3. The predicted octanol–water partition coefficient (Wildman–Crippen LogP) is 2.07. The lowest BCUT2D eigenvalue weighted by Gasteiger charge is -2.41. The maximum atomic E-state index is 12.9. The first kappa shape index (κ1) is 15.3. The third-order valence-corrected chi connectivity index (χ3v) is 4.43. The minimum absolute atomic E-state index is 0.00885. The Bertz CT molecular complexity index is 708. The van der Waals surface area contributed by atoms with E-state index in [2.05, 4.69) is 0 Å². The summed E-state index contributed by atoms with van der Waals surface area (Å²) in [4.78, 5) is 28.4. The Hall–Kier alpha value is -2.56. The van der Waals surface area contributed by atoms with E-state index < -0.39 is 0 Å². The van der Waals surface area contributed by atoms with Crippen molar-refractivity contribution in [1.82, 2.24) is 14.4 Å². The normalized spacial score (nSPS) is 18.1. The van der Waals surface area contributed by atoms with E-state index in [1.165, 1.54) is 0 Å². The van der Waals surface area contributed by atoms with Gasteiger partial charge in [-0.25, -0.2) is 0 Å². The Labute approximate surface area is 136 Å². The highest BCUT2D eigenvalue weighted by Crippen LogP contribution is 2.27. The third-order valence-electron chi connectivity index (χ3n) is 4.43. The van der Waals surface area contributed by atoms with Crippen LogP contribution in [0.1, 0.15) is 29.0 Å². The molecule has 120 valence electrons. The van der Waals surface area contributed by atoms with E-state index in [-0.39, 0.29) is 17.9 Å². The molecule has 23 heavy (non-hydrogen) atoms. The molecule has 5 heteroatoms. The SMILES string of the molecule is CC(=O)N1CCN(C(=O)c2cccn2C)[C@H](c2ccccc2)C1. The van der Waals surface area contributed by atoms with Gasteiger partial charge in [-0.15, -0.1) is 0 Å². The molecule has 0 radical (unpaired) electrons. The fourth-order valence-electron chi connectivity index (χ4n) is 3.10. The molecule has 0 aliphatic carbocycles. The number of benzene rings is 1. The molecule has 1 aliphatic heterocycles. The van der Waals surface area contributed by atoms with Gasteiger partial charge in [0.25, 0.3) is 5.91 Å². The van der Waals surface area contributed by atoms with Gasteiger partial charge >= 0.3 is 0 Å². The number of rotatable bonds is 2. The predicted molar refractivity (Wildman–Crippen MR) is 87.9 cm³/mol. The summed E-state index contributed by atoms with van der Waals surface area (Å²) in [5.74, 6) is 0.0615. The molecule has 1 aromatic heterocycles. The van der Waals surface area contributed by atoms with Crippen LogP contribution in [-0.4, -0.2) is 45.8 Å². The lowest BCUT2D eigenvalue weighted by atomic mass is 10.0. The quantitative estimate of drug-likeness (QED) is 0.852. The zero-order valence-corrected chi connectivity index (χ0v) is 13.5. The highest BCUT2D eigenvalue weighted by molar-refractivity contribution is 5.93. The number of carbonyl (C=O) groups excluding carboxylic acids is 2. The van der Waals surface area contributed by atoms with Crippen LogP contribution in [0, 0.1) is 0 Å². The largest absolute Gasteiger partial charge is 0.347 e. The van der Waals surface area contributed by atoms with Gasteiger partial charge in [-0.05, 0) is 17.7 Å². The molecule has 2 heterocycles. The van der Waals surface area contributed by atoms with Gasteiger partial charge in [-0.3, -0.25) is 9.59 Å². The van der Waals surface area contributed by atoms with E-state index in [4.69, 9.17) is 0 Å². The summed E-state index contributed by atoms with van der Waals surface area (Å²) in [6, 6.07) is 13.5. The van der Waals surface area contributed by atoms with E-state index in [1.54, 1.807) is 6.92 Å². The summed E-state index contributed by atoms with van der Waals surface area (Å²) in [6.45, 7) is 3.24. The molecule has 0 saturated carbocycles. The zero-order chi connectivity index (χ0) is 16.4. The molecule has 0 N–H and O–H groups in total. The zero-order valence-electron chi connectivity index (χ0n) is 13.5. The average molecular weight is 311 g/mol. The van der Waals surface area contributed by atoms with Crippen molar-refractivity contribution in [2.24, 2.45) is 7.05 Å². The van der Waals surface area contributed by atoms with Crippen molar-refractivity contribution < 1.29 is 9.59 Å². The highest BCUT2D eigenvalue weighted by atomic mass is 16.2. The van der Waals surface area contributed by atoms with Gasteiger partial charge in [-0.2, -0.15) is 0 Å². The highest BCUT2D eigenvalue weighted by Gasteiger charge is 2.33. The molecule has 3 rings (SSSR count). The van der Waals surface area contributed by atoms with Crippen LogP contribution in [0.4, 0.5) is 0 Å². The molecule has 2 aromatic rings. The van der Waals surface area contributed by atoms with Crippen LogP contribution in [0.3, 0.4) is 0 Å². The van der Waals surface area contributed by atoms with E-state index >= 15 is 0 Å². The van der Waals surface area contributed by atoms with Gasteiger partial charge in [0.2, 0.25) is 5.91 Å². The fourth-order valence-corrected chi connectivity index (χ4v) is 3.10. The van der Waals surface area contributed by atoms with Crippen molar-refractivity contribution in [3.8, 4) is 0 Å². The molecule has 0 spiro atoms. The molecule has 1 saturated heterocycles. The topological polar surface area (TPSA) is 45.6 Å². The van der Waals surface area contributed by atoms with E-state index in [9.17, 15) is 9.59 Å². The number of hydrogen-bond donors (Lipinski definition) is 0. The first-order chi connectivity index (χ1) is 11.1. The van der Waals surface area contributed by atoms with Crippen LogP contribution in [0.5, 0.6) is 0 Å². The van der Waals surface area contributed by atoms with E-state index in [0.717, 1.165) is 5.56 Å². The molecule has 1 aromatic carbocycles. The number of carbonyl (C=O) groups is 2. The fraction of sp³-hybridized carbons (Fsp3) is 0.333. The molecule has 5 nitrogen and oxygen atoms in total. The van der Waals surface area contributed by atoms with Crippen LogP contribution in [0.25, 0.3) is 0 Å². The Balaban J connectivity index is 1.92. The first-order valence-electron chi connectivity index (χ1n) is 7.80. The lowest BCUT2D eigenvalue weighted by molar-refractivity contribution is -0.131. The Kier molecular flexibility index (Phi) is 4.19. The van der Waals surface area contributed by atoms with Gasteiger partial charge in [0.1, 0.15) is 5.69 Å². The van der Waals surface area contributed by atoms with Crippen molar-refractivity contribution in [1.29, 1.82) is 0 Å². The number of aryl methyl sites for hydroxylation is 1. The number of aromatic nitrogens is 1. The van der Waals surface area contributed by atoms with Crippen LogP contribution >= 0.6 is 0 Å². The minimum atomic E-state index is -0.115. The molecule has 1 aliphatic rings. The summed E-state index contributed by atoms with van der Waals surface area (Å²) in [5.41, 5.74) is 1.73. The van der Waals surface area contributed by atoms with Crippen molar-refractivity contribution in [2.75, 3.05) is 19.6 Å². The number of hydrogen-bond acceptors (Lipinski definition) is 2. The van der Waals surface area contributed by atoms with Crippen molar-refractivity contribution in [2.45, 2.75) is 13.0 Å². The summed E-state index contributed by atoms with van der Waals surface area (Å²) in [7, 11) is 1.87. The minimum Gasteiger partial charge on any atom is -0.347 e. The van der Waals surface area contributed by atoms with E-state index in [1.807, 2.05) is 70.1 Å². The van der Waals surface area contributed by atoms with Crippen LogP contribution in [0.2, 0.25) is 0 Å². The molecular weight excluding hydrogens is 290 g/mol. The van der Waals surface area contributed by atoms with Crippen LogP contribution < -0.4 is 0 Å². The summed E-state index contributed by atoms with van der Waals surface area (Å²) in [6.07, 6.45) is 1.87. The standard InChI is InChI=1S/C18H21N3O2/c1-14(22)20-11-12-21(18(23)16-9-6-10-19(16)2)17(13-20)15-7-4-3-5-8-15/h3-10,17H,11-13H2,1-2H3/t17-/m0/s1. The second-order valence-corrected chi connectivity index (χ2v) is 5.89. The van der Waals surface area contributed by atoms with Gasteiger partial charge in [-0.1, -0.05) is 30.3 Å².